The van der Waals surface area contributed by atoms with Gasteiger partial charge in [0.15, 0.2) is 0 Å². The van der Waals surface area contributed by atoms with E-state index in [-0.39, 0.29) is 11.0 Å². The molecule has 0 saturated heterocycles. The summed E-state index contributed by atoms with van der Waals surface area (Å²) in [5.74, 6) is -1.80. The third kappa shape index (κ3) is 3.54. The van der Waals surface area contributed by atoms with Crippen LogP contribution in [0.15, 0.2) is 47.7 Å². The van der Waals surface area contributed by atoms with Crippen LogP contribution in [0, 0.1) is 0 Å². The lowest BCUT2D eigenvalue weighted by molar-refractivity contribution is -0.147. The number of nitrogens with zero attached hydrogens (tertiary/aromatic N) is 3. The number of hydrogen-bond acceptors (Lipinski definition) is 3. The molecule has 0 aliphatic carbocycles. The van der Waals surface area contributed by atoms with E-state index < -0.39 is 24.5 Å². The van der Waals surface area contributed by atoms with Crippen LogP contribution in [0.3, 0.4) is 0 Å². The number of rotatable bonds is 4. The average Bonchev–Trinajstić information content (AvgIpc) is 3.20. The van der Waals surface area contributed by atoms with Crippen LogP contribution in [0.1, 0.15) is 18.4 Å². The standard InChI is InChI=1S/C16H14F3N5O/c1-10(11-6-4-8-20-11)22-23-14(25)9-24-13-7-3-2-5-12(13)21-15(24)16(17,18)19/h2-8,20H,9H2,1H3,(H,23,25)/b22-10-. The fraction of sp³-hybridized carbons (Fsp3) is 0.188. The number of hydrazone groups is 1. The van der Waals surface area contributed by atoms with Crippen molar-refractivity contribution in [2.75, 3.05) is 0 Å². The third-order valence-corrected chi connectivity index (χ3v) is 3.55. The maximum Gasteiger partial charge on any atom is 0.449 e. The molecule has 6 nitrogen and oxygen atoms in total. The Labute approximate surface area is 140 Å². The molecule has 0 aliphatic rings. The van der Waals surface area contributed by atoms with E-state index in [2.05, 4.69) is 20.5 Å². The first-order valence-corrected chi connectivity index (χ1v) is 7.35. The number of aromatic amines is 1. The minimum atomic E-state index is -4.66. The van der Waals surface area contributed by atoms with E-state index in [0.717, 1.165) is 4.57 Å². The van der Waals surface area contributed by atoms with Gasteiger partial charge in [0, 0.05) is 6.20 Å². The van der Waals surface area contributed by atoms with E-state index in [9.17, 15) is 18.0 Å². The van der Waals surface area contributed by atoms with Crippen molar-refractivity contribution in [2.24, 2.45) is 5.10 Å². The van der Waals surface area contributed by atoms with Gasteiger partial charge >= 0.3 is 6.18 Å². The smallest absolute Gasteiger partial charge is 0.360 e. The molecular formula is C16H14F3N5O. The molecule has 0 fully saturated rings. The van der Waals surface area contributed by atoms with Crippen molar-refractivity contribution in [1.82, 2.24) is 20.0 Å². The normalized spacial score (nSPS) is 12.6. The number of benzene rings is 1. The van der Waals surface area contributed by atoms with Gasteiger partial charge in [-0.05, 0) is 31.2 Å². The lowest BCUT2D eigenvalue weighted by Crippen LogP contribution is -2.27. The van der Waals surface area contributed by atoms with Crippen LogP contribution in [-0.4, -0.2) is 26.2 Å². The predicted octanol–water partition coefficient (Wildman–Crippen LogP) is 2.92. The fourth-order valence-corrected chi connectivity index (χ4v) is 2.39. The molecule has 3 rings (SSSR count). The highest BCUT2D eigenvalue weighted by Crippen LogP contribution is 2.31. The first kappa shape index (κ1) is 16.7. The summed E-state index contributed by atoms with van der Waals surface area (Å²) in [5, 5.41) is 3.89. The summed E-state index contributed by atoms with van der Waals surface area (Å²) in [5.41, 5.74) is 3.87. The van der Waals surface area contributed by atoms with Crippen LogP contribution in [0.25, 0.3) is 11.0 Å². The van der Waals surface area contributed by atoms with Gasteiger partial charge in [0.25, 0.3) is 5.91 Å². The van der Waals surface area contributed by atoms with Crippen molar-refractivity contribution >= 4 is 22.7 Å². The van der Waals surface area contributed by atoms with Crippen molar-refractivity contribution < 1.29 is 18.0 Å². The molecule has 130 valence electrons. The second kappa shape index (κ2) is 6.42. The largest absolute Gasteiger partial charge is 0.449 e. The zero-order valence-electron chi connectivity index (χ0n) is 13.1. The van der Waals surface area contributed by atoms with Crippen LogP contribution in [0.4, 0.5) is 13.2 Å². The van der Waals surface area contributed by atoms with Crippen molar-refractivity contribution in [3.05, 3.63) is 54.1 Å². The summed E-state index contributed by atoms with van der Waals surface area (Å²) in [6.45, 7) is 1.12. The third-order valence-electron chi connectivity index (χ3n) is 3.55. The minimum absolute atomic E-state index is 0.175. The lowest BCUT2D eigenvalue weighted by Gasteiger charge is -2.10. The number of imidazole rings is 1. The Morgan fingerprint density at radius 2 is 2.04 bits per heavy atom. The number of para-hydroxylation sites is 2. The molecule has 2 N–H and O–H groups in total. The maximum absolute atomic E-state index is 13.2. The minimum Gasteiger partial charge on any atom is -0.360 e. The van der Waals surface area contributed by atoms with Gasteiger partial charge in [-0.2, -0.15) is 18.3 Å². The van der Waals surface area contributed by atoms with Crippen molar-refractivity contribution in [3.8, 4) is 0 Å². The average molecular weight is 349 g/mol. The summed E-state index contributed by atoms with van der Waals surface area (Å²) in [6.07, 6.45) is -2.97. The first-order chi connectivity index (χ1) is 11.9. The van der Waals surface area contributed by atoms with Gasteiger partial charge < -0.3 is 9.55 Å². The number of H-pyrrole nitrogens is 1. The van der Waals surface area contributed by atoms with Gasteiger partial charge in [-0.15, -0.1) is 0 Å². The Morgan fingerprint density at radius 1 is 1.28 bits per heavy atom. The van der Waals surface area contributed by atoms with E-state index in [1.54, 1.807) is 37.4 Å². The van der Waals surface area contributed by atoms with Crippen LogP contribution >= 0.6 is 0 Å². The Balaban J connectivity index is 1.85. The highest BCUT2D eigenvalue weighted by Gasteiger charge is 2.37. The molecule has 0 atom stereocenters. The van der Waals surface area contributed by atoms with E-state index in [4.69, 9.17) is 0 Å². The van der Waals surface area contributed by atoms with E-state index in [1.165, 1.54) is 12.1 Å². The molecule has 0 aliphatic heterocycles. The predicted molar refractivity (Wildman–Crippen MR) is 85.9 cm³/mol. The molecule has 1 amide bonds. The highest BCUT2D eigenvalue weighted by atomic mass is 19.4. The molecule has 9 heteroatoms. The number of amides is 1. The highest BCUT2D eigenvalue weighted by molar-refractivity contribution is 5.97. The summed E-state index contributed by atoms with van der Waals surface area (Å²) < 4.78 is 40.4. The Hall–Kier alpha value is -3.10. The zero-order valence-corrected chi connectivity index (χ0v) is 13.1. The molecule has 3 aromatic rings. The molecule has 0 unspecified atom stereocenters. The van der Waals surface area contributed by atoms with Gasteiger partial charge in [0.1, 0.15) is 6.54 Å². The molecule has 0 bridgehead atoms. The number of carbonyl (C=O) groups is 1. The number of fused-ring (bicyclic) bond motifs is 1. The maximum atomic E-state index is 13.2. The summed E-state index contributed by atoms with van der Waals surface area (Å²) >= 11 is 0. The zero-order chi connectivity index (χ0) is 18.0. The van der Waals surface area contributed by atoms with E-state index >= 15 is 0 Å². The molecule has 2 aromatic heterocycles. The number of carbonyl (C=O) groups excluding carboxylic acids is 1. The molecule has 0 spiro atoms. The van der Waals surface area contributed by atoms with Crippen LogP contribution < -0.4 is 5.43 Å². The number of hydrogen-bond donors (Lipinski definition) is 2. The second-order valence-corrected chi connectivity index (χ2v) is 5.32. The fourth-order valence-electron chi connectivity index (χ4n) is 2.39. The Kier molecular flexibility index (Phi) is 4.30. The van der Waals surface area contributed by atoms with E-state index in [0.29, 0.717) is 11.4 Å². The first-order valence-electron chi connectivity index (χ1n) is 7.35. The van der Waals surface area contributed by atoms with Crippen molar-refractivity contribution in [2.45, 2.75) is 19.6 Å². The number of aromatic nitrogens is 3. The monoisotopic (exact) mass is 349 g/mol. The van der Waals surface area contributed by atoms with Gasteiger partial charge in [0.05, 0.1) is 22.4 Å². The van der Waals surface area contributed by atoms with Gasteiger partial charge in [-0.25, -0.2) is 10.4 Å². The topological polar surface area (TPSA) is 75.1 Å². The molecular weight excluding hydrogens is 335 g/mol. The Morgan fingerprint density at radius 3 is 2.72 bits per heavy atom. The van der Waals surface area contributed by atoms with Crippen LogP contribution in [0.5, 0.6) is 0 Å². The SMILES string of the molecule is C/C(=N/NC(=O)Cn1c(C(F)(F)F)nc2ccccc21)c1ccc[nH]1. The number of halogens is 3. The van der Waals surface area contributed by atoms with Crippen molar-refractivity contribution in [1.29, 1.82) is 0 Å². The summed E-state index contributed by atoms with van der Waals surface area (Å²) in [6, 6.07) is 9.65. The van der Waals surface area contributed by atoms with Gasteiger partial charge in [-0.1, -0.05) is 12.1 Å². The summed E-state index contributed by atoms with van der Waals surface area (Å²) in [4.78, 5) is 18.6. The van der Waals surface area contributed by atoms with E-state index in [1.807, 2.05) is 0 Å². The Bertz CT molecular complexity index is 925. The molecule has 1 aromatic carbocycles. The molecule has 0 radical (unpaired) electrons. The van der Waals surface area contributed by atoms with Gasteiger partial charge in [-0.3, -0.25) is 4.79 Å². The number of alkyl halides is 3. The molecule has 0 saturated carbocycles. The summed E-state index contributed by atoms with van der Waals surface area (Å²) in [7, 11) is 0. The molecule has 25 heavy (non-hydrogen) atoms. The number of nitrogens with one attached hydrogen (secondary N) is 2. The van der Waals surface area contributed by atoms with Crippen molar-refractivity contribution in [3.63, 3.8) is 0 Å². The quantitative estimate of drug-likeness (QED) is 0.561. The molecule has 2 heterocycles. The second-order valence-electron chi connectivity index (χ2n) is 5.32. The van der Waals surface area contributed by atoms with Crippen LogP contribution in [0.2, 0.25) is 0 Å². The lowest BCUT2D eigenvalue weighted by atomic mass is 10.3. The van der Waals surface area contributed by atoms with Crippen LogP contribution in [-0.2, 0) is 17.5 Å². The van der Waals surface area contributed by atoms with Gasteiger partial charge in [0.2, 0.25) is 5.82 Å².